The van der Waals surface area contributed by atoms with Crippen LogP contribution in [0.3, 0.4) is 0 Å². The number of hydrogen-bond donors (Lipinski definition) is 2. The summed E-state index contributed by atoms with van der Waals surface area (Å²) in [5.41, 5.74) is 5.54. The van der Waals surface area contributed by atoms with Crippen LogP contribution in [0.25, 0.3) is 0 Å². The molecule has 3 N–H and O–H groups in total. The highest BCUT2D eigenvalue weighted by Gasteiger charge is 2.29. The predicted octanol–water partition coefficient (Wildman–Crippen LogP) is -0.405. The average Bonchev–Trinajstić information content (AvgIpc) is 2.29. The maximum atomic E-state index is 13.4. The summed E-state index contributed by atoms with van der Waals surface area (Å²) in [5, 5.41) is 9.56. The summed E-state index contributed by atoms with van der Waals surface area (Å²) in [4.78, 5) is 22.5. The van der Waals surface area contributed by atoms with Crippen LogP contribution in [0, 0.1) is 5.82 Å². The molecular formula is C10H11FN4O2. The predicted molar refractivity (Wildman–Crippen MR) is 55.0 cm³/mol. The Morgan fingerprint density at radius 1 is 1.47 bits per heavy atom. The van der Waals surface area contributed by atoms with Gasteiger partial charge in [0.25, 0.3) is 0 Å². The number of amides is 2. The van der Waals surface area contributed by atoms with Crippen molar-refractivity contribution in [2.75, 3.05) is 0 Å². The largest absolute Gasteiger partial charge is 0.325 e. The van der Waals surface area contributed by atoms with Crippen LogP contribution in [0.1, 0.15) is 30.1 Å². The summed E-state index contributed by atoms with van der Waals surface area (Å²) in [6.07, 6.45) is 0.541. The highest BCUT2D eigenvalue weighted by Crippen LogP contribution is 2.23. The van der Waals surface area contributed by atoms with Crippen molar-refractivity contribution >= 4 is 11.8 Å². The molecule has 1 saturated heterocycles. The maximum absolute atomic E-state index is 13.4. The van der Waals surface area contributed by atoms with E-state index in [-0.39, 0.29) is 30.3 Å². The minimum Gasteiger partial charge on any atom is -0.325 e. The fourth-order valence-corrected chi connectivity index (χ4v) is 1.69. The molecule has 0 radical (unpaired) electrons. The standard InChI is InChI=1S/C10H11FN4O2/c11-6-3-7(14-15-8(6)4-12)5-1-2-9(16)13-10(5)17/h3,5H,1-2,4,12H2,(H,13,16,17). The lowest BCUT2D eigenvalue weighted by Crippen LogP contribution is -2.39. The summed E-state index contributed by atoms with van der Waals surface area (Å²) in [6.45, 7) is -0.0472. The van der Waals surface area contributed by atoms with Crippen LogP contribution in [0.2, 0.25) is 0 Å². The van der Waals surface area contributed by atoms with Gasteiger partial charge < -0.3 is 5.73 Å². The van der Waals surface area contributed by atoms with E-state index in [1.54, 1.807) is 0 Å². The zero-order chi connectivity index (χ0) is 12.4. The fourth-order valence-electron chi connectivity index (χ4n) is 1.69. The summed E-state index contributed by atoms with van der Waals surface area (Å²) in [7, 11) is 0. The molecule has 0 spiro atoms. The summed E-state index contributed by atoms with van der Waals surface area (Å²) >= 11 is 0. The van der Waals surface area contributed by atoms with Crippen LogP contribution >= 0.6 is 0 Å². The molecule has 6 nitrogen and oxygen atoms in total. The molecule has 0 saturated carbocycles. The Kier molecular flexibility index (Phi) is 3.10. The zero-order valence-electron chi connectivity index (χ0n) is 8.94. The third-order valence-corrected chi connectivity index (χ3v) is 2.63. The van der Waals surface area contributed by atoms with Gasteiger partial charge in [-0.25, -0.2) is 4.39 Å². The zero-order valence-corrected chi connectivity index (χ0v) is 8.94. The quantitative estimate of drug-likeness (QED) is 0.683. The second-order valence-electron chi connectivity index (χ2n) is 3.77. The van der Waals surface area contributed by atoms with Crippen LogP contribution in [-0.4, -0.2) is 22.0 Å². The van der Waals surface area contributed by atoms with E-state index in [1.807, 2.05) is 0 Å². The molecule has 1 unspecified atom stereocenters. The molecule has 7 heteroatoms. The van der Waals surface area contributed by atoms with Gasteiger partial charge >= 0.3 is 0 Å². The maximum Gasteiger partial charge on any atom is 0.235 e. The second-order valence-corrected chi connectivity index (χ2v) is 3.77. The van der Waals surface area contributed by atoms with E-state index in [0.717, 1.165) is 6.07 Å². The smallest absolute Gasteiger partial charge is 0.235 e. The van der Waals surface area contributed by atoms with Crippen molar-refractivity contribution in [3.8, 4) is 0 Å². The van der Waals surface area contributed by atoms with E-state index < -0.39 is 17.6 Å². The SMILES string of the molecule is NCc1nnc(C2CCC(=O)NC2=O)cc1F. The Balaban J connectivity index is 2.25. The minimum absolute atomic E-state index is 0.0472. The number of carbonyl (C=O) groups excluding carboxylic acids is 2. The van der Waals surface area contributed by atoms with Crippen molar-refractivity contribution in [1.82, 2.24) is 15.5 Å². The lowest BCUT2D eigenvalue weighted by molar-refractivity contribution is -0.134. The van der Waals surface area contributed by atoms with E-state index in [1.165, 1.54) is 0 Å². The summed E-state index contributed by atoms with van der Waals surface area (Å²) in [5.74, 6) is -1.99. The molecule has 1 aliphatic rings. The molecule has 90 valence electrons. The number of nitrogens with two attached hydrogens (primary N) is 1. The number of aromatic nitrogens is 2. The van der Waals surface area contributed by atoms with E-state index in [0.29, 0.717) is 6.42 Å². The molecule has 1 aliphatic heterocycles. The number of rotatable bonds is 2. The molecule has 2 amide bonds. The van der Waals surface area contributed by atoms with Gasteiger partial charge in [0.15, 0.2) is 0 Å². The van der Waals surface area contributed by atoms with Gasteiger partial charge in [-0.3, -0.25) is 14.9 Å². The van der Waals surface area contributed by atoms with Crippen LogP contribution < -0.4 is 11.1 Å². The number of piperidine rings is 1. The lowest BCUT2D eigenvalue weighted by Gasteiger charge is -2.19. The Labute approximate surface area is 96.4 Å². The number of halogens is 1. The molecule has 0 aromatic carbocycles. The molecule has 0 bridgehead atoms. The first-order valence-corrected chi connectivity index (χ1v) is 5.17. The van der Waals surface area contributed by atoms with Crippen molar-refractivity contribution in [3.05, 3.63) is 23.3 Å². The first kappa shape index (κ1) is 11.6. The Hall–Kier alpha value is -1.89. The number of carbonyl (C=O) groups is 2. The van der Waals surface area contributed by atoms with E-state index >= 15 is 0 Å². The summed E-state index contributed by atoms with van der Waals surface area (Å²) < 4.78 is 13.4. The van der Waals surface area contributed by atoms with Gasteiger partial charge in [0, 0.05) is 19.0 Å². The van der Waals surface area contributed by atoms with E-state index in [9.17, 15) is 14.0 Å². The number of hydrogen-bond acceptors (Lipinski definition) is 5. The number of imide groups is 1. The topological polar surface area (TPSA) is 98.0 Å². The van der Waals surface area contributed by atoms with Crippen molar-refractivity contribution < 1.29 is 14.0 Å². The van der Waals surface area contributed by atoms with Gasteiger partial charge in [-0.2, -0.15) is 10.2 Å². The molecular weight excluding hydrogens is 227 g/mol. The normalized spacial score (nSPS) is 20.2. The monoisotopic (exact) mass is 238 g/mol. The van der Waals surface area contributed by atoms with Crippen LogP contribution in [0.5, 0.6) is 0 Å². The van der Waals surface area contributed by atoms with Crippen LogP contribution in [0.15, 0.2) is 6.07 Å². The van der Waals surface area contributed by atoms with Gasteiger partial charge in [-0.05, 0) is 6.42 Å². The Morgan fingerprint density at radius 3 is 2.82 bits per heavy atom. The lowest BCUT2D eigenvalue weighted by atomic mass is 9.94. The van der Waals surface area contributed by atoms with Gasteiger partial charge in [-0.15, -0.1) is 0 Å². The molecule has 1 aromatic heterocycles. The Bertz CT molecular complexity index is 477. The third kappa shape index (κ3) is 2.28. The highest BCUT2D eigenvalue weighted by atomic mass is 19.1. The van der Waals surface area contributed by atoms with E-state index in [2.05, 4.69) is 15.5 Å². The molecule has 1 atom stereocenters. The summed E-state index contributed by atoms with van der Waals surface area (Å²) in [6, 6.07) is 1.15. The molecule has 1 aromatic rings. The van der Waals surface area contributed by atoms with Crippen molar-refractivity contribution in [2.45, 2.75) is 25.3 Å². The Morgan fingerprint density at radius 2 is 2.24 bits per heavy atom. The van der Waals surface area contributed by atoms with Gasteiger partial charge in [0.05, 0.1) is 11.6 Å². The van der Waals surface area contributed by atoms with Gasteiger partial charge in [0.1, 0.15) is 11.5 Å². The van der Waals surface area contributed by atoms with Gasteiger partial charge in [0.2, 0.25) is 11.8 Å². The molecule has 2 rings (SSSR count). The third-order valence-electron chi connectivity index (χ3n) is 2.63. The number of nitrogens with one attached hydrogen (secondary N) is 1. The first-order valence-electron chi connectivity index (χ1n) is 5.17. The second kappa shape index (κ2) is 4.54. The first-order chi connectivity index (χ1) is 8.11. The highest BCUT2D eigenvalue weighted by molar-refractivity contribution is 6.00. The number of nitrogens with zero attached hydrogens (tertiary/aromatic N) is 2. The average molecular weight is 238 g/mol. The molecule has 0 aliphatic carbocycles. The van der Waals surface area contributed by atoms with Crippen LogP contribution in [0.4, 0.5) is 4.39 Å². The van der Waals surface area contributed by atoms with Crippen molar-refractivity contribution in [2.24, 2.45) is 5.73 Å². The fraction of sp³-hybridized carbons (Fsp3) is 0.400. The molecule has 2 heterocycles. The van der Waals surface area contributed by atoms with Crippen molar-refractivity contribution in [1.29, 1.82) is 0 Å². The van der Waals surface area contributed by atoms with Gasteiger partial charge in [-0.1, -0.05) is 0 Å². The molecule has 17 heavy (non-hydrogen) atoms. The van der Waals surface area contributed by atoms with Crippen LogP contribution in [-0.2, 0) is 16.1 Å². The minimum atomic E-state index is -0.624. The van der Waals surface area contributed by atoms with E-state index in [4.69, 9.17) is 5.73 Å². The molecule has 1 fully saturated rings. The van der Waals surface area contributed by atoms with Crippen molar-refractivity contribution in [3.63, 3.8) is 0 Å².